The molecule has 1 aliphatic rings. The Balaban J connectivity index is 2.11. The SMILES string of the molecule is C[C@@H](c1ccccc1)N1C(=O)[C@H](N)Cc2cnc(C(F)(F)F)nc21. The summed E-state index contributed by atoms with van der Waals surface area (Å²) in [6.07, 6.45) is -3.47. The van der Waals surface area contributed by atoms with Crippen LogP contribution in [0.15, 0.2) is 36.5 Å². The van der Waals surface area contributed by atoms with E-state index in [9.17, 15) is 18.0 Å². The number of carbonyl (C=O) groups excluding carboxylic acids is 1. The van der Waals surface area contributed by atoms with Gasteiger partial charge in [0.1, 0.15) is 5.82 Å². The lowest BCUT2D eigenvalue weighted by molar-refractivity contribution is -0.145. The summed E-state index contributed by atoms with van der Waals surface area (Å²) >= 11 is 0. The Morgan fingerprint density at radius 3 is 2.58 bits per heavy atom. The van der Waals surface area contributed by atoms with Crippen LogP contribution in [0.2, 0.25) is 0 Å². The number of rotatable bonds is 2. The number of aromatic nitrogens is 2. The minimum atomic E-state index is -4.68. The number of carbonyl (C=O) groups is 1. The summed E-state index contributed by atoms with van der Waals surface area (Å²) in [6, 6.07) is 7.67. The molecule has 0 saturated heterocycles. The third-order valence-corrected chi connectivity index (χ3v) is 3.99. The van der Waals surface area contributed by atoms with Crippen molar-refractivity contribution in [2.24, 2.45) is 5.73 Å². The summed E-state index contributed by atoms with van der Waals surface area (Å²) in [4.78, 5) is 20.7. The normalized spacial score (nSPS) is 19.1. The maximum Gasteiger partial charge on any atom is 0.451 e. The standard InChI is InChI=1S/C16H15F3N4O/c1-9(10-5-3-2-4-6-10)23-13-11(7-12(20)14(23)24)8-21-15(22-13)16(17,18)19/h2-6,8-9,12H,7,20H2,1H3/t9-,12+/m0/s1. The van der Waals surface area contributed by atoms with Crippen molar-refractivity contribution in [3.63, 3.8) is 0 Å². The Hall–Kier alpha value is -2.48. The third kappa shape index (κ3) is 2.84. The van der Waals surface area contributed by atoms with Crippen molar-refractivity contribution < 1.29 is 18.0 Å². The van der Waals surface area contributed by atoms with Gasteiger partial charge in [0.05, 0.1) is 12.1 Å². The first-order valence-corrected chi connectivity index (χ1v) is 7.35. The first kappa shape index (κ1) is 16.4. The number of hydrogen-bond acceptors (Lipinski definition) is 4. The van der Waals surface area contributed by atoms with E-state index in [0.29, 0.717) is 5.56 Å². The lowest BCUT2D eigenvalue weighted by Crippen LogP contribution is -2.50. The second-order valence-corrected chi connectivity index (χ2v) is 5.65. The molecule has 0 bridgehead atoms. The van der Waals surface area contributed by atoms with Crippen molar-refractivity contribution in [3.8, 4) is 0 Å². The number of nitrogens with two attached hydrogens (primary N) is 1. The molecule has 5 nitrogen and oxygen atoms in total. The molecule has 2 aromatic rings. The van der Waals surface area contributed by atoms with Crippen LogP contribution in [-0.2, 0) is 17.4 Å². The summed E-state index contributed by atoms with van der Waals surface area (Å²) in [5, 5.41) is 0. The van der Waals surface area contributed by atoms with Gasteiger partial charge < -0.3 is 5.73 Å². The fourth-order valence-electron chi connectivity index (χ4n) is 2.75. The fraction of sp³-hybridized carbons (Fsp3) is 0.312. The number of nitrogens with zero attached hydrogens (tertiary/aromatic N) is 3. The zero-order chi connectivity index (χ0) is 17.5. The molecule has 0 unspecified atom stereocenters. The van der Waals surface area contributed by atoms with Gasteiger partial charge in [0.15, 0.2) is 0 Å². The molecule has 1 amide bonds. The van der Waals surface area contributed by atoms with E-state index in [1.54, 1.807) is 31.2 Å². The van der Waals surface area contributed by atoms with Crippen molar-refractivity contribution in [1.29, 1.82) is 0 Å². The first-order chi connectivity index (χ1) is 11.3. The number of fused-ring (bicyclic) bond motifs is 1. The molecule has 3 rings (SSSR count). The van der Waals surface area contributed by atoms with Gasteiger partial charge in [0.25, 0.3) is 0 Å². The van der Waals surface area contributed by atoms with E-state index in [2.05, 4.69) is 9.97 Å². The minimum Gasteiger partial charge on any atom is -0.320 e. The summed E-state index contributed by atoms with van der Waals surface area (Å²) in [6.45, 7) is 1.73. The highest BCUT2D eigenvalue weighted by atomic mass is 19.4. The Kier molecular flexibility index (Phi) is 4.00. The van der Waals surface area contributed by atoms with Gasteiger partial charge in [-0.1, -0.05) is 30.3 Å². The van der Waals surface area contributed by atoms with E-state index in [-0.39, 0.29) is 12.2 Å². The number of halogens is 3. The van der Waals surface area contributed by atoms with Gasteiger partial charge in [-0.25, -0.2) is 9.97 Å². The van der Waals surface area contributed by atoms with Gasteiger partial charge in [0, 0.05) is 18.2 Å². The van der Waals surface area contributed by atoms with Crippen LogP contribution in [0.1, 0.15) is 29.9 Å². The van der Waals surface area contributed by atoms with Crippen LogP contribution in [0.3, 0.4) is 0 Å². The number of hydrogen-bond donors (Lipinski definition) is 1. The minimum absolute atomic E-state index is 0.0274. The molecule has 0 fully saturated rings. The maximum atomic E-state index is 12.9. The maximum absolute atomic E-state index is 12.9. The van der Waals surface area contributed by atoms with Gasteiger partial charge >= 0.3 is 6.18 Å². The van der Waals surface area contributed by atoms with E-state index in [1.165, 1.54) is 4.90 Å². The molecule has 24 heavy (non-hydrogen) atoms. The Bertz CT molecular complexity index is 764. The molecule has 8 heteroatoms. The number of benzene rings is 1. The van der Waals surface area contributed by atoms with E-state index in [4.69, 9.17) is 5.73 Å². The molecule has 0 spiro atoms. The molecule has 2 N–H and O–H groups in total. The largest absolute Gasteiger partial charge is 0.451 e. The molecule has 1 aromatic heterocycles. The summed E-state index contributed by atoms with van der Waals surface area (Å²) in [7, 11) is 0. The van der Waals surface area contributed by atoms with Crippen molar-refractivity contribution in [2.75, 3.05) is 4.90 Å². The number of anilines is 1. The Labute approximate surface area is 136 Å². The second-order valence-electron chi connectivity index (χ2n) is 5.65. The van der Waals surface area contributed by atoms with Crippen molar-refractivity contribution >= 4 is 11.7 Å². The molecule has 0 saturated carbocycles. The van der Waals surface area contributed by atoms with E-state index in [1.807, 2.05) is 6.07 Å². The zero-order valence-corrected chi connectivity index (χ0v) is 12.8. The molecule has 1 aliphatic heterocycles. The van der Waals surface area contributed by atoms with Gasteiger partial charge in [-0.3, -0.25) is 9.69 Å². The van der Waals surface area contributed by atoms with E-state index in [0.717, 1.165) is 11.8 Å². The monoisotopic (exact) mass is 336 g/mol. The predicted molar refractivity (Wildman–Crippen MR) is 81.1 cm³/mol. The Morgan fingerprint density at radius 2 is 1.96 bits per heavy atom. The van der Waals surface area contributed by atoms with Crippen LogP contribution in [0.5, 0.6) is 0 Å². The quantitative estimate of drug-likeness (QED) is 0.914. The zero-order valence-electron chi connectivity index (χ0n) is 12.8. The van der Waals surface area contributed by atoms with Crippen molar-refractivity contribution in [3.05, 3.63) is 53.5 Å². The summed E-state index contributed by atoms with van der Waals surface area (Å²) < 4.78 is 38.8. The van der Waals surface area contributed by atoms with Crippen LogP contribution in [0, 0.1) is 0 Å². The highest BCUT2D eigenvalue weighted by Crippen LogP contribution is 2.35. The fourth-order valence-corrected chi connectivity index (χ4v) is 2.75. The van der Waals surface area contributed by atoms with Gasteiger partial charge in [-0.2, -0.15) is 13.2 Å². The van der Waals surface area contributed by atoms with Gasteiger partial charge in [-0.15, -0.1) is 0 Å². The molecule has 2 heterocycles. The molecular formula is C16H15F3N4O. The smallest absolute Gasteiger partial charge is 0.320 e. The highest BCUT2D eigenvalue weighted by molar-refractivity contribution is 5.99. The van der Waals surface area contributed by atoms with Crippen LogP contribution in [0.25, 0.3) is 0 Å². The second kappa shape index (κ2) is 5.86. The summed E-state index contributed by atoms with van der Waals surface area (Å²) in [5.41, 5.74) is 7.06. The van der Waals surface area contributed by atoms with Crippen LogP contribution in [0.4, 0.5) is 19.0 Å². The van der Waals surface area contributed by atoms with E-state index < -0.39 is 30.0 Å². The third-order valence-electron chi connectivity index (χ3n) is 3.99. The average Bonchev–Trinajstić information content (AvgIpc) is 2.55. The lowest BCUT2D eigenvalue weighted by atomic mass is 9.98. The number of alkyl halides is 3. The Morgan fingerprint density at radius 1 is 1.29 bits per heavy atom. The van der Waals surface area contributed by atoms with Gasteiger partial charge in [-0.05, 0) is 12.5 Å². The summed E-state index contributed by atoms with van der Waals surface area (Å²) in [5.74, 6) is -1.75. The predicted octanol–water partition coefficient (Wildman–Crippen LogP) is 2.47. The highest BCUT2D eigenvalue weighted by Gasteiger charge is 2.40. The lowest BCUT2D eigenvalue weighted by Gasteiger charge is -2.36. The van der Waals surface area contributed by atoms with Crippen LogP contribution < -0.4 is 10.6 Å². The topological polar surface area (TPSA) is 72.1 Å². The van der Waals surface area contributed by atoms with Crippen LogP contribution in [-0.4, -0.2) is 21.9 Å². The molecule has 1 aromatic carbocycles. The van der Waals surface area contributed by atoms with Gasteiger partial charge in [0.2, 0.25) is 11.7 Å². The van der Waals surface area contributed by atoms with Crippen LogP contribution >= 0.6 is 0 Å². The van der Waals surface area contributed by atoms with E-state index >= 15 is 0 Å². The average molecular weight is 336 g/mol. The molecule has 0 aliphatic carbocycles. The molecule has 2 atom stereocenters. The number of amides is 1. The molecule has 0 radical (unpaired) electrons. The molecular weight excluding hydrogens is 321 g/mol. The van der Waals surface area contributed by atoms with Crippen molar-refractivity contribution in [1.82, 2.24) is 9.97 Å². The molecule has 126 valence electrons. The van der Waals surface area contributed by atoms with Crippen molar-refractivity contribution in [2.45, 2.75) is 31.6 Å². The first-order valence-electron chi connectivity index (χ1n) is 7.35.